The van der Waals surface area contributed by atoms with Crippen molar-refractivity contribution in [3.8, 4) is 11.3 Å². The van der Waals surface area contributed by atoms with E-state index in [9.17, 15) is 9.59 Å². The number of benzene rings is 1. The first-order valence-electron chi connectivity index (χ1n) is 12.0. The summed E-state index contributed by atoms with van der Waals surface area (Å²) in [4.78, 5) is 30.5. The van der Waals surface area contributed by atoms with Gasteiger partial charge in [0.15, 0.2) is 0 Å². The molecule has 33 heavy (non-hydrogen) atoms. The minimum atomic E-state index is -0.969. The van der Waals surface area contributed by atoms with Crippen LogP contribution in [0.1, 0.15) is 60.8 Å². The SMILES string of the molecule is C[C@@]1(C(=O)NC2CCCCCC2)Cn2c(ccc2-c2ccccc2)C(=O)N1Cc1cccs1. The van der Waals surface area contributed by atoms with E-state index in [1.54, 1.807) is 16.2 Å². The van der Waals surface area contributed by atoms with Crippen LogP contribution in [0.5, 0.6) is 0 Å². The maximum Gasteiger partial charge on any atom is 0.271 e. The third-order valence-electron chi connectivity index (χ3n) is 7.15. The topological polar surface area (TPSA) is 54.3 Å². The zero-order valence-electron chi connectivity index (χ0n) is 19.1. The average molecular weight is 462 g/mol. The van der Waals surface area contributed by atoms with Crippen LogP contribution in [0.3, 0.4) is 0 Å². The van der Waals surface area contributed by atoms with Crippen molar-refractivity contribution in [2.24, 2.45) is 0 Å². The first kappa shape index (κ1) is 22.0. The van der Waals surface area contributed by atoms with Crippen molar-refractivity contribution in [3.05, 3.63) is 70.5 Å². The van der Waals surface area contributed by atoms with Gasteiger partial charge in [0, 0.05) is 16.6 Å². The smallest absolute Gasteiger partial charge is 0.271 e. The second-order valence-corrected chi connectivity index (χ2v) is 10.5. The van der Waals surface area contributed by atoms with E-state index in [1.165, 1.54) is 12.8 Å². The van der Waals surface area contributed by atoms with Crippen LogP contribution in [0.25, 0.3) is 11.3 Å². The Morgan fingerprint density at radius 1 is 1.00 bits per heavy atom. The Bertz CT molecular complexity index is 1110. The molecule has 0 spiro atoms. The monoisotopic (exact) mass is 461 g/mol. The number of aromatic nitrogens is 1. The summed E-state index contributed by atoms with van der Waals surface area (Å²) in [6.07, 6.45) is 6.81. The lowest BCUT2D eigenvalue weighted by Gasteiger charge is -2.44. The Hall–Kier alpha value is -2.86. The quantitative estimate of drug-likeness (QED) is 0.512. The average Bonchev–Trinajstić information content (AvgIpc) is 3.42. The third-order valence-corrected chi connectivity index (χ3v) is 8.01. The van der Waals surface area contributed by atoms with Gasteiger partial charge in [-0.25, -0.2) is 0 Å². The van der Waals surface area contributed by atoms with E-state index in [4.69, 9.17) is 0 Å². The number of hydrogen-bond donors (Lipinski definition) is 1. The van der Waals surface area contributed by atoms with Crippen molar-refractivity contribution in [2.45, 2.75) is 70.1 Å². The van der Waals surface area contributed by atoms with Crippen LogP contribution >= 0.6 is 11.3 Å². The molecular formula is C27H31N3O2S. The molecule has 172 valence electrons. The minimum Gasteiger partial charge on any atom is -0.351 e. The molecular weight excluding hydrogens is 430 g/mol. The largest absolute Gasteiger partial charge is 0.351 e. The van der Waals surface area contributed by atoms with E-state index in [2.05, 4.69) is 5.32 Å². The summed E-state index contributed by atoms with van der Waals surface area (Å²) in [5.41, 5.74) is 1.70. The van der Waals surface area contributed by atoms with Gasteiger partial charge in [-0.15, -0.1) is 11.3 Å². The second kappa shape index (κ2) is 9.18. The maximum atomic E-state index is 13.8. The van der Waals surface area contributed by atoms with Crippen LogP contribution in [0, 0.1) is 0 Å². The predicted molar refractivity (Wildman–Crippen MR) is 132 cm³/mol. The van der Waals surface area contributed by atoms with Gasteiger partial charge in [-0.05, 0) is 48.9 Å². The molecule has 0 radical (unpaired) electrons. The van der Waals surface area contributed by atoms with E-state index in [1.807, 2.05) is 71.5 Å². The van der Waals surface area contributed by atoms with Crippen LogP contribution in [0.4, 0.5) is 0 Å². The molecule has 1 N–H and O–H groups in total. The van der Waals surface area contributed by atoms with E-state index in [0.717, 1.165) is 41.8 Å². The zero-order valence-corrected chi connectivity index (χ0v) is 19.9. The van der Waals surface area contributed by atoms with Gasteiger partial charge in [-0.1, -0.05) is 62.1 Å². The van der Waals surface area contributed by atoms with Crippen molar-refractivity contribution in [1.82, 2.24) is 14.8 Å². The van der Waals surface area contributed by atoms with E-state index in [0.29, 0.717) is 18.8 Å². The molecule has 0 unspecified atom stereocenters. The third kappa shape index (κ3) is 4.24. The van der Waals surface area contributed by atoms with Gasteiger partial charge >= 0.3 is 0 Å². The van der Waals surface area contributed by atoms with Gasteiger partial charge in [0.1, 0.15) is 11.2 Å². The van der Waals surface area contributed by atoms with Gasteiger partial charge in [0.05, 0.1) is 13.1 Å². The molecule has 5 nitrogen and oxygen atoms in total. The minimum absolute atomic E-state index is 0.0438. The van der Waals surface area contributed by atoms with Crippen LogP contribution in [-0.4, -0.2) is 32.9 Å². The van der Waals surface area contributed by atoms with Crippen LogP contribution in [-0.2, 0) is 17.9 Å². The van der Waals surface area contributed by atoms with Crippen LogP contribution < -0.4 is 5.32 Å². The number of hydrogen-bond acceptors (Lipinski definition) is 3. The summed E-state index contributed by atoms with van der Waals surface area (Å²) in [7, 11) is 0. The Morgan fingerprint density at radius 3 is 2.42 bits per heavy atom. The molecule has 1 saturated carbocycles. The van der Waals surface area contributed by atoms with E-state index < -0.39 is 5.54 Å². The number of nitrogens with one attached hydrogen (secondary N) is 1. The van der Waals surface area contributed by atoms with Crippen molar-refractivity contribution >= 4 is 23.2 Å². The Labute approximate surface area is 199 Å². The summed E-state index contributed by atoms with van der Waals surface area (Å²) < 4.78 is 2.04. The fourth-order valence-electron chi connectivity index (χ4n) is 5.20. The summed E-state index contributed by atoms with van der Waals surface area (Å²) >= 11 is 1.62. The standard InChI is InChI=1S/C27H31N3O2S/c1-27(26(32)28-21-12-7-2-3-8-13-21)19-29-23(20-10-5-4-6-11-20)15-16-24(29)25(31)30(27)18-22-14-9-17-33-22/h4-6,9-11,14-17,21H,2-3,7-8,12-13,18-19H2,1H3,(H,28,32)/t27-/m0/s1. The molecule has 6 heteroatoms. The molecule has 1 atom stereocenters. The van der Waals surface area contributed by atoms with Crippen molar-refractivity contribution in [2.75, 3.05) is 0 Å². The number of carbonyl (C=O) groups excluding carboxylic acids is 2. The van der Waals surface area contributed by atoms with Gasteiger partial charge in [-0.3, -0.25) is 9.59 Å². The summed E-state index contributed by atoms with van der Waals surface area (Å²) in [6, 6.07) is 18.2. The highest BCUT2D eigenvalue weighted by Gasteiger charge is 2.48. The Kier molecular flexibility index (Phi) is 6.11. The first-order valence-corrected chi connectivity index (χ1v) is 12.8. The molecule has 0 bridgehead atoms. The molecule has 1 fully saturated rings. The molecule has 1 aromatic carbocycles. The van der Waals surface area contributed by atoms with Gasteiger partial charge in [0.2, 0.25) is 5.91 Å². The fraction of sp³-hybridized carbons (Fsp3) is 0.407. The summed E-state index contributed by atoms with van der Waals surface area (Å²) in [5.74, 6) is -0.131. The lowest BCUT2D eigenvalue weighted by molar-refractivity contribution is -0.134. The normalized spacial score (nSPS) is 21.5. The molecule has 5 rings (SSSR count). The number of carbonyl (C=O) groups is 2. The van der Waals surface area contributed by atoms with Crippen LogP contribution in [0.15, 0.2) is 60.0 Å². The number of amides is 2. The maximum absolute atomic E-state index is 13.8. The van der Waals surface area contributed by atoms with Gasteiger partial charge in [0.25, 0.3) is 5.91 Å². The van der Waals surface area contributed by atoms with Crippen molar-refractivity contribution < 1.29 is 9.59 Å². The molecule has 1 aliphatic heterocycles. The number of fused-ring (bicyclic) bond motifs is 1. The van der Waals surface area contributed by atoms with Crippen molar-refractivity contribution in [1.29, 1.82) is 0 Å². The molecule has 2 amide bonds. The van der Waals surface area contributed by atoms with E-state index >= 15 is 0 Å². The number of rotatable bonds is 5. The summed E-state index contributed by atoms with van der Waals surface area (Å²) in [5, 5.41) is 5.36. The van der Waals surface area contributed by atoms with Gasteiger partial charge < -0.3 is 14.8 Å². The highest BCUT2D eigenvalue weighted by Crippen LogP contribution is 2.35. The lowest BCUT2D eigenvalue weighted by atomic mass is 9.93. The number of nitrogens with zero attached hydrogens (tertiary/aromatic N) is 2. The molecule has 3 aromatic rings. The second-order valence-electron chi connectivity index (χ2n) is 9.46. The van der Waals surface area contributed by atoms with Crippen molar-refractivity contribution in [3.63, 3.8) is 0 Å². The first-order chi connectivity index (χ1) is 16.1. The van der Waals surface area contributed by atoms with Gasteiger partial charge in [-0.2, -0.15) is 0 Å². The molecule has 2 aliphatic rings. The molecule has 2 aromatic heterocycles. The molecule has 3 heterocycles. The molecule has 1 aliphatic carbocycles. The molecule has 0 saturated heterocycles. The van der Waals surface area contributed by atoms with Crippen LogP contribution in [0.2, 0.25) is 0 Å². The summed E-state index contributed by atoms with van der Waals surface area (Å²) in [6.45, 7) is 2.81. The Balaban J connectivity index is 1.51. The predicted octanol–water partition coefficient (Wildman–Crippen LogP) is 5.47. The highest BCUT2D eigenvalue weighted by molar-refractivity contribution is 7.09. The Morgan fingerprint density at radius 2 is 1.73 bits per heavy atom. The number of thiophene rings is 1. The zero-order chi connectivity index (χ0) is 22.8. The highest BCUT2D eigenvalue weighted by atomic mass is 32.1. The fourth-order valence-corrected chi connectivity index (χ4v) is 5.90. The van der Waals surface area contributed by atoms with E-state index in [-0.39, 0.29) is 17.9 Å². The lowest BCUT2D eigenvalue weighted by Crippen LogP contribution is -2.64.